The molecular weight excluding hydrogens is 342 g/mol. The lowest BCUT2D eigenvalue weighted by atomic mass is 10.1. The molecule has 0 aromatic heterocycles. The molecular formula is C21H23N3O3. The van der Waals surface area contributed by atoms with Crippen LogP contribution >= 0.6 is 0 Å². The van der Waals surface area contributed by atoms with E-state index in [1.807, 2.05) is 30.3 Å². The minimum absolute atomic E-state index is 0.191. The number of nitrogens with one attached hydrogen (secondary N) is 3. The normalized spacial score (nSPS) is 9.56. The van der Waals surface area contributed by atoms with Crippen molar-refractivity contribution in [3.05, 3.63) is 65.2 Å². The monoisotopic (exact) mass is 365 g/mol. The predicted octanol–water partition coefficient (Wildman–Crippen LogP) is 1.95. The van der Waals surface area contributed by atoms with Gasteiger partial charge in [0.2, 0.25) is 0 Å². The van der Waals surface area contributed by atoms with Gasteiger partial charge in [-0.25, -0.2) is 4.79 Å². The van der Waals surface area contributed by atoms with Crippen LogP contribution in [0.3, 0.4) is 0 Å². The largest absolute Gasteiger partial charge is 0.497 e. The van der Waals surface area contributed by atoms with Crippen LogP contribution in [0, 0.1) is 11.8 Å². The third-order valence-electron chi connectivity index (χ3n) is 3.82. The molecule has 0 spiro atoms. The molecule has 0 atom stereocenters. The molecule has 0 saturated carbocycles. The highest BCUT2D eigenvalue weighted by Gasteiger charge is 2.06. The van der Waals surface area contributed by atoms with Gasteiger partial charge in [0.1, 0.15) is 5.75 Å². The summed E-state index contributed by atoms with van der Waals surface area (Å²) in [5.74, 6) is 6.38. The van der Waals surface area contributed by atoms with E-state index in [0.717, 1.165) is 17.7 Å². The summed E-state index contributed by atoms with van der Waals surface area (Å²) in [5.41, 5.74) is 2.25. The van der Waals surface area contributed by atoms with Crippen molar-refractivity contribution in [2.45, 2.75) is 6.42 Å². The Morgan fingerprint density at radius 2 is 1.78 bits per heavy atom. The van der Waals surface area contributed by atoms with E-state index in [9.17, 15) is 9.59 Å². The number of methoxy groups -OCH3 is 1. The maximum atomic E-state index is 11.8. The minimum atomic E-state index is -0.280. The maximum Gasteiger partial charge on any atom is 0.315 e. The van der Waals surface area contributed by atoms with Gasteiger partial charge in [-0.1, -0.05) is 36.1 Å². The standard InChI is InChI=1S/C21H23N3O3/c1-22-20(25)19-8-4-3-6-17(19)7-5-14-23-21(26)24-15-13-16-9-11-18(27-2)12-10-16/h3-4,6,8-12H,13-15H2,1-2H3,(H,22,25)(H2,23,24,26). The first kappa shape index (κ1) is 19.9. The zero-order valence-corrected chi connectivity index (χ0v) is 15.5. The molecule has 0 aliphatic rings. The van der Waals surface area contributed by atoms with Gasteiger partial charge < -0.3 is 20.7 Å². The van der Waals surface area contributed by atoms with Gasteiger partial charge in [-0.2, -0.15) is 0 Å². The van der Waals surface area contributed by atoms with E-state index in [1.165, 1.54) is 0 Å². The fraction of sp³-hybridized carbons (Fsp3) is 0.238. The molecule has 0 fully saturated rings. The molecule has 6 heteroatoms. The lowest BCUT2D eigenvalue weighted by Crippen LogP contribution is -2.36. The second-order valence-electron chi connectivity index (χ2n) is 5.63. The van der Waals surface area contributed by atoms with Crippen molar-refractivity contribution in [1.29, 1.82) is 0 Å². The van der Waals surface area contributed by atoms with Gasteiger partial charge in [0.05, 0.1) is 19.2 Å². The van der Waals surface area contributed by atoms with Crippen LogP contribution in [0.15, 0.2) is 48.5 Å². The van der Waals surface area contributed by atoms with E-state index in [0.29, 0.717) is 17.7 Å². The van der Waals surface area contributed by atoms with Crippen LogP contribution < -0.4 is 20.7 Å². The van der Waals surface area contributed by atoms with Crippen molar-refractivity contribution < 1.29 is 14.3 Å². The molecule has 0 bridgehead atoms. The summed E-state index contributed by atoms with van der Waals surface area (Å²) in [5, 5.41) is 8.04. The molecule has 6 nitrogen and oxygen atoms in total. The molecule has 2 aromatic rings. The highest BCUT2D eigenvalue weighted by Crippen LogP contribution is 2.11. The van der Waals surface area contributed by atoms with Crippen LogP contribution in [0.25, 0.3) is 0 Å². The number of benzene rings is 2. The summed E-state index contributed by atoms with van der Waals surface area (Å²) in [6.07, 6.45) is 0.725. The number of carbonyl (C=O) groups is 2. The number of carbonyl (C=O) groups excluding carboxylic acids is 2. The minimum Gasteiger partial charge on any atom is -0.497 e. The summed E-state index contributed by atoms with van der Waals surface area (Å²) in [4.78, 5) is 23.6. The zero-order chi connectivity index (χ0) is 19.5. The number of hydrogen-bond acceptors (Lipinski definition) is 3. The van der Waals surface area contributed by atoms with E-state index in [4.69, 9.17) is 4.74 Å². The van der Waals surface area contributed by atoms with Crippen molar-refractivity contribution in [3.8, 4) is 17.6 Å². The Morgan fingerprint density at radius 1 is 1.04 bits per heavy atom. The fourth-order valence-electron chi connectivity index (χ4n) is 2.36. The summed E-state index contributed by atoms with van der Waals surface area (Å²) < 4.78 is 5.11. The number of rotatable bonds is 6. The summed E-state index contributed by atoms with van der Waals surface area (Å²) >= 11 is 0. The van der Waals surface area contributed by atoms with Crippen LogP contribution in [-0.4, -0.2) is 39.2 Å². The smallest absolute Gasteiger partial charge is 0.315 e. The molecule has 0 heterocycles. The third-order valence-corrected chi connectivity index (χ3v) is 3.82. The topological polar surface area (TPSA) is 79.5 Å². The third kappa shape index (κ3) is 6.40. The molecule has 0 saturated heterocycles. The molecule has 27 heavy (non-hydrogen) atoms. The van der Waals surface area contributed by atoms with Crippen LogP contribution in [-0.2, 0) is 6.42 Å². The molecule has 0 aliphatic carbocycles. The average Bonchev–Trinajstić information content (AvgIpc) is 2.71. The van der Waals surface area contributed by atoms with Crippen molar-refractivity contribution in [3.63, 3.8) is 0 Å². The number of ether oxygens (including phenoxy) is 1. The van der Waals surface area contributed by atoms with Crippen LogP contribution in [0.4, 0.5) is 4.79 Å². The Kier molecular flexibility index (Phi) is 7.73. The van der Waals surface area contributed by atoms with Gasteiger partial charge in [0, 0.05) is 19.2 Å². The maximum absolute atomic E-state index is 11.8. The molecule has 0 aliphatic heterocycles. The van der Waals surface area contributed by atoms with Gasteiger partial charge in [-0.05, 0) is 36.2 Å². The summed E-state index contributed by atoms with van der Waals surface area (Å²) in [6.45, 7) is 0.710. The Morgan fingerprint density at radius 3 is 2.48 bits per heavy atom. The average molecular weight is 365 g/mol. The lowest BCUT2D eigenvalue weighted by Gasteiger charge is -2.06. The molecule has 140 valence electrons. The zero-order valence-electron chi connectivity index (χ0n) is 15.5. The molecule has 3 amide bonds. The number of hydrogen-bond donors (Lipinski definition) is 3. The Bertz CT molecular complexity index is 836. The van der Waals surface area contributed by atoms with Gasteiger partial charge in [-0.3, -0.25) is 4.79 Å². The lowest BCUT2D eigenvalue weighted by molar-refractivity contribution is 0.0963. The molecule has 0 unspecified atom stereocenters. The Labute approximate surface area is 159 Å². The van der Waals surface area contributed by atoms with Crippen LogP contribution in [0.5, 0.6) is 5.75 Å². The quantitative estimate of drug-likeness (QED) is 0.685. The SMILES string of the molecule is CNC(=O)c1ccccc1C#CCNC(=O)NCCc1ccc(OC)cc1. The van der Waals surface area contributed by atoms with Crippen molar-refractivity contribution >= 4 is 11.9 Å². The van der Waals surface area contributed by atoms with Crippen LogP contribution in [0.2, 0.25) is 0 Å². The van der Waals surface area contributed by atoms with E-state index in [-0.39, 0.29) is 18.5 Å². The van der Waals surface area contributed by atoms with E-state index >= 15 is 0 Å². The number of amides is 3. The Balaban J connectivity index is 1.75. The second kappa shape index (κ2) is 10.5. The predicted molar refractivity (Wildman–Crippen MR) is 105 cm³/mol. The summed E-state index contributed by atoms with van der Waals surface area (Å²) in [6, 6.07) is 14.5. The molecule has 0 radical (unpaired) electrons. The highest BCUT2D eigenvalue weighted by atomic mass is 16.5. The first-order valence-corrected chi connectivity index (χ1v) is 8.58. The first-order chi connectivity index (χ1) is 13.1. The van der Waals surface area contributed by atoms with Crippen molar-refractivity contribution in [2.24, 2.45) is 0 Å². The van der Waals surface area contributed by atoms with Crippen LogP contribution in [0.1, 0.15) is 21.5 Å². The van der Waals surface area contributed by atoms with Crippen molar-refractivity contribution in [1.82, 2.24) is 16.0 Å². The summed E-state index contributed by atoms with van der Waals surface area (Å²) in [7, 11) is 3.20. The highest BCUT2D eigenvalue weighted by molar-refractivity contribution is 5.96. The molecule has 3 N–H and O–H groups in total. The van der Waals surface area contributed by atoms with Gasteiger partial charge in [0.15, 0.2) is 0 Å². The fourth-order valence-corrected chi connectivity index (χ4v) is 2.36. The number of urea groups is 1. The van der Waals surface area contributed by atoms with Crippen molar-refractivity contribution in [2.75, 3.05) is 27.2 Å². The van der Waals surface area contributed by atoms with E-state index < -0.39 is 0 Å². The van der Waals surface area contributed by atoms with Gasteiger partial charge in [-0.15, -0.1) is 0 Å². The van der Waals surface area contributed by atoms with E-state index in [1.54, 1.807) is 32.4 Å². The van der Waals surface area contributed by atoms with E-state index in [2.05, 4.69) is 27.8 Å². The van der Waals surface area contributed by atoms with Gasteiger partial charge >= 0.3 is 6.03 Å². The van der Waals surface area contributed by atoms with Gasteiger partial charge in [0.25, 0.3) is 5.91 Å². The Hall–Kier alpha value is -3.46. The molecule has 2 rings (SSSR count). The second-order valence-corrected chi connectivity index (χ2v) is 5.63. The first-order valence-electron chi connectivity index (χ1n) is 8.58. The molecule has 2 aromatic carbocycles.